The highest BCUT2D eigenvalue weighted by atomic mass is 16.5. The fourth-order valence-electron chi connectivity index (χ4n) is 1.62. The Balaban J connectivity index is 2.63. The molecule has 8 nitrogen and oxygen atoms in total. The van der Waals surface area contributed by atoms with Gasteiger partial charge in [0.15, 0.2) is 11.5 Å². The molecule has 116 valence electrons. The topological polar surface area (TPSA) is 142 Å². The molecule has 0 spiro atoms. The highest BCUT2D eigenvalue weighted by Crippen LogP contribution is 2.25. The van der Waals surface area contributed by atoms with Crippen LogP contribution in [0.2, 0.25) is 0 Å². The Kier molecular flexibility index (Phi) is 6.44. The zero-order chi connectivity index (χ0) is 15.8. The molecule has 0 saturated carbocycles. The van der Waals surface area contributed by atoms with Crippen LogP contribution in [0.3, 0.4) is 0 Å². The van der Waals surface area contributed by atoms with Crippen LogP contribution in [0.1, 0.15) is 5.56 Å². The normalized spacial score (nSPS) is 11.9. The molecule has 0 heterocycles. The predicted molar refractivity (Wildman–Crippen MR) is 72.9 cm³/mol. The molecule has 0 aliphatic carbocycles. The predicted octanol–water partition coefficient (Wildman–Crippen LogP) is -0.815. The number of amides is 1. The number of carbonyl (C=O) groups excluding carboxylic acids is 1. The van der Waals surface area contributed by atoms with E-state index in [0.717, 1.165) is 0 Å². The molecule has 0 unspecified atom stereocenters. The average Bonchev–Trinajstić information content (AvgIpc) is 2.42. The van der Waals surface area contributed by atoms with E-state index in [9.17, 15) is 19.8 Å². The minimum Gasteiger partial charge on any atom is -0.504 e. The van der Waals surface area contributed by atoms with E-state index in [1.165, 1.54) is 18.2 Å². The Labute approximate surface area is 121 Å². The van der Waals surface area contributed by atoms with E-state index >= 15 is 0 Å². The van der Waals surface area contributed by atoms with E-state index in [-0.39, 0.29) is 37.7 Å². The summed E-state index contributed by atoms with van der Waals surface area (Å²) in [4.78, 5) is 22.6. The molecule has 0 aliphatic rings. The number of carbonyl (C=O) groups is 2. The summed E-state index contributed by atoms with van der Waals surface area (Å²) in [5.41, 5.74) is 5.66. The van der Waals surface area contributed by atoms with Crippen LogP contribution in [0.5, 0.6) is 11.5 Å². The highest BCUT2D eigenvalue weighted by molar-refractivity contribution is 5.84. The van der Waals surface area contributed by atoms with Crippen molar-refractivity contribution in [2.24, 2.45) is 5.73 Å². The minimum atomic E-state index is -1.21. The number of benzene rings is 1. The van der Waals surface area contributed by atoms with E-state index in [1.807, 2.05) is 0 Å². The molecule has 0 fully saturated rings. The van der Waals surface area contributed by atoms with Gasteiger partial charge in [0.1, 0.15) is 12.6 Å². The lowest BCUT2D eigenvalue weighted by atomic mass is 10.1. The molecule has 0 aliphatic heterocycles. The standard InChI is InChI=1S/C13H18N2O6/c14-3-4-21-7-12(18)15-9(13(19)20)5-8-1-2-10(16)11(17)6-8/h1-2,6,9,16-17H,3-5,7,14H2,(H,15,18)(H,19,20)/t9-/m0/s1. The smallest absolute Gasteiger partial charge is 0.326 e. The third-order valence-corrected chi connectivity index (χ3v) is 2.61. The fraction of sp³-hybridized carbons (Fsp3) is 0.385. The van der Waals surface area contributed by atoms with Crippen molar-refractivity contribution in [1.29, 1.82) is 0 Å². The first-order valence-electron chi connectivity index (χ1n) is 6.25. The maximum absolute atomic E-state index is 11.5. The Bertz CT molecular complexity index is 505. The van der Waals surface area contributed by atoms with E-state index in [0.29, 0.717) is 5.56 Å². The first-order valence-corrected chi connectivity index (χ1v) is 6.25. The van der Waals surface area contributed by atoms with Gasteiger partial charge in [-0.25, -0.2) is 4.79 Å². The van der Waals surface area contributed by atoms with Crippen molar-refractivity contribution in [1.82, 2.24) is 5.32 Å². The number of rotatable bonds is 8. The molecule has 21 heavy (non-hydrogen) atoms. The lowest BCUT2D eigenvalue weighted by Crippen LogP contribution is -2.44. The zero-order valence-corrected chi connectivity index (χ0v) is 11.3. The van der Waals surface area contributed by atoms with Gasteiger partial charge in [0.05, 0.1) is 6.61 Å². The number of hydrogen-bond acceptors (Lipinski definition) is 6. The van der Waals surface area contributed by atoms with Crippen LogP contribution in [0.15, 0.2) is 18.2 Å². The van der Waals surface area contributed by atoms with E-state index in [1.54, 1.807) is 0 Å². The monoisotopic (exact) mass is 298 g/mol. The van der Waals surface area contributed by atoms with Crippen LogP contribution >= 0.6 is 0 Å². The second-order valence-corrected chi connectivity index (χ2v) is 4.33. The first-order chi connectivity index (χ1) is 9.93. The van der Waals surface area contributed by atoms with Gasteiger partial charge >= 0.3 is 5.97 Å². The van der Waals surface area contributed by atoms with Gasteiger partial charge in [-0.15, -0.1) is 0 Å². The second kappa shape index (κ2) is 8.08. The molecule has 1 amide bonds. The molecule has 1 atom stereocenters. The van der Waals surface area contributed by atoms with Gasteiger partial charge < -0.3 is 31.1 Å². The van der Waals surface area contributed by atoms with E-state index in [4.69, 9.17) is 15.6 Å². The Morgan fingerprint density at radius 2 is 2.00 bits per heavy atom. The second-order valence-electron chi connectivity index (χ2n) is 4.33. The summed E-state index contributed by atoms with van der Waals surface area (Å²) in [6, 6.07) is 2.78. The average molecular weight is 298 g/mol. The van der Waals surface area contributed by atoms with Gasteiger partial charge in [-0.1, -0.05) is 6.07 Å². The van der Waals surface area contributed by atoms with Crippen molar-refractivity contribution in [3.05, 3.63) is 23.8 Å². The van der Waals surface area contributed by atoms with Crippen molar-refractivity contribution in [2.75, 3.05) is 19.8 Å². The van der Waals surface area contributed by atoms with Crippen molar-refractivity contribution in [3.8, 4) is 11.5 Å². The van der Waals surface area contributed by atoms with Crippen molar-refractivity contribution in [2.45, 2.75) is 12.5 Å². The molecular weight excluding hydrogens is 280 g/mol. The zero-order valence-electron chi connectivity index (χ0n) is 11.3. The molecular formula is C13H18N2O6. The van der Waals surface area contributed by atoms with Crippen LogP contribution < -0.4 is 11.1 Å². The summed E-state index contributed by atoms with van der Waals surface area (Å²) >= 11 is 0. The van der Waals surface area contributed by atoms with Crippen LogP contribution in [-0.4, -0.2) is 53.0 Å². The number of phenols is 2. The lowest BCUT2D eigenvalue weighted by Gasteiger charge is -2.15. The van der Waals surface area contributed by atoms with Gasteiger partial charge in [0.25, 0.3) is 0 Å². The summed E-state index contributed by atoms with van der Waals surface area (Å²) in [7, 11) is 0. The molecule has 6 N–H and O–H groups in total. The third kappa shape index (κ3) is 5.67. The molecule has 1 aromatic carbocycles. The molecule has 0 bridgehead atoms. The maximum atomic E-state index is 11.5. The molecule has 0 saturated heterocycles. The number of hydrogen-bond donors (Lipinski definition) is 5. The van der Waals surface area contributed by atoms with E-state index < -0.39 is 17.9 Å². The minimum absolute atomic E-state index is 0.0359. The first kappa shape index (κ1) is 16.7. The summed E-state index contributed by atoms with van der Waals surface area (Å²) < 4.78 is 4.91. The molecule has 1 rings (SSSR count). The number of aromatic hydroxyl groups is 2. The number of carboxylic acids is 1. The Morgan fingerprint density at radius 3 is 2.57 bits per heavy atom. The van der Waals surface area contributed by atoms with Crippen LogP contribution in [0, 0.1) is 0 Å². The maximum Gasteiger partial charge on any atom is 0.326 e. The lowest BCUT2D eigenvalue weighted by molar-refractivity contribution is -0.142. The van der Waals surface area contributed by atoms with Crippen molar-refractivity contribution in [3.63, 3.8) is 0 Å². The highest BCUT2D eigenvalue weighted by Gasteiger charge is 2.20. The molecule has 1 aromatic rings. The molecule has 8 heteroatoms. The molecule has 0 radical (unpaired) electrons. The van der Waals surface area contributed by atoms with Gasteiger partial charge in [-0.2, -0.15) is 0 Å². The SMILES string of the molecule is NCCOCC(=O)N[C@@H](Cc1ccc(O)c(O)c1)C(=O)O. The largest absolute Gasteiger partial charge is 0.504 e. The number of nitrogens with two attached hydrogens (primary N) is 1. The van der Waals surface area contributed by atoms with Gasteiger partial charge in [-0.05, 0) is 17.7 Å². The van der Waals surface area contributed by atoms with Gasteiger partial charge in [-0.3, -0.25) is 4.79 Å². The van der Waals surface area contributed by atoms with Gasteiger partial charge in [0.2, 0.25) is 5.91 Å². The quantitative estimate of drug-likeness (QED) is 0.312. The Morgan fingerprint density at radius 1 is 1.29 bits per heavy atom. The summed E-state index contributed by atoms with van der Waals surface area (Å²) in [5.74, 6) is -2.44. The third-order valence-electron chi connectivity index (χ3n) is 2.61. The van der Waals surface area contributed by atoms with Crippen LogP contribution in [-0.2, 0) is 20.7 Å². The number of aliphatic carboxylic acids is 1. The van der Waals surface area contributed by atoms with Gasteiger partial charge in [0, 0.05) is 13.0 Å². The van der Waals surface area contributed by atoms with Crippen molar-refractivity contribution < 1.29 is 29.6 Å². The number of nitrogens with one attached hydrogen (secondary N) is 1. The van der Waals surface area contributed by atoms with Crippen LogP contribution in [0.25, 0.3) is 0 Å². The number of carboxylic acid groups (broad SMARTS) is 1. The summed E-state index contributed by atoms with van der Waals surface area (Å²) in [6.07, 6.45) is -0.0359. The summed E-state index contributed by atoms with van der Waals surface area (Å²) in [6.45, 7) is 0.196. The molecule has 0 aromatic heterocycles. The van der Waals surface area contributed by atoms with Crippen molar-refractivity contribution >= 4 is 11.9 Å². The fourth-order valence-corrected chi connectivity index (χ4v) is 1.62. The Hall–Kier alpha value is -2.32. The number of phenolic OH excluding ortho intramolecular Hbond substituents is 2. The van der Waals surface area contributed by atoms with E-state index in [2.05, 4.69) is 5.32 Å². The van der Waals surface area contributed by atoms with Crippen LogP contribution in [0.4, 0.5) is 0 Å². The number of ether oxygens (including phenoxy) is 1. The summed E-state index contributed by atoms with van der Waals surface area (Å²) in [5, 5.41) is 30.0.